The van der Waals surface area contributed by atoms with Crippen molar-refractivity contribution < 1.29 is 29.6 Å². The van der Waals surface area contributed by atoms with Crippen LogP contribution in [0.1, 0.15) is 48.0 Å². The van der Waals surface area contributed by atoms with Gasteiger partial charge in [0.05, 0.1) is 5.60 Å². The predicted octanol–water partition coefficient (Wildman–Crippen LogP) is 2.58. The summed E-state index contributed by atoms with van der Waals surface area (Å²) in [5, 5.41) is 26.5. The minimum atomic E-state index is -0.634. The molecule has 0 aliphatic heterocycles. The lowest BCUT2D eigenvalue weighted by atomic mass is 10.0. The Morgan fingerprint density at radius 2 is 1.65 bits per heavy atom. The third-order valence-corrected chi connectivity index (χ3v) is 2.58. The van der Waals surface area contributed by atoms with Crippen molar-refractivity contribution in [3.8, 4) is 11.8 Å². The largest absolute Gasteiger partial charge is 0.492 e. The number of nitrogens with zero attached hydrogens (tertiary/aromatic N) is 1. The molecule has 8 nitrogen and oxygen atoms in total. The Morgan fingerprint density at radius 1 is 1.13 bits per heavy atom. The van der Waals surface area contributed by atoms with Crippen LogP contribution in [-0.2, 0) is 14.5 Å². The van der Waals surface area contributed by atoms with Gasteiger partial charge in [-0.1, -0.05) is 0 Å². The normalized spacial score (nSPS) is 13.7. The summed E-state index contributed by atoms with van der Waals surface area (Å²) < 4.78 is 5.96. The van der Waals surface area contributed by atoms with Crippen LogP contribution in [0.4, 0.5) is 0 Å². The van der Waals surface area contributed by atoms with Gasteiger partial charge in [0.15, 0.2) is 0 Å². The number of ether oxygens (including phenoxy) is 1. The average Bonchev–Trinajstić information content (AvgIpc) is 2.67. The van der Waals surface area contributed by atoms with Crippen LogP contribution in [0.2, 0.25) is 0 Å². The fourth-order valence-corrected chi connectivity index (χ4v) is 1.79. The molecule has 1 atom stereocenters. The van der Waals surface area contributed by atoms with Crippen molar-refractivity contribution in [3.05, 3.63) is 12.1 Å². The third kappa shape index (κ3) is 6.79. The molecule has 0 bridgehead atoms. The Balaban J connectivity index is 2.49. The standard InChI is InChI=1S/C15H26N2O6/c1-10(9-15(5,6)23-22-14(2,3)4)20-13(16)21-17-11(18)7-8-12(17)19/h7-8,10,16,18-19H,9H2,1-6H3. The van der Waals surface area contributed by atoms with Gasteiger partial charge in [-0.15, -0.1) is 4.73 Å². The molecule has 0 spiro atoms. The fourth-order valence-electron chi connectivity index (χ4n) is 1.79. The molecule has 0 radical (unpaired) electrons. The highest BCUT2D eigenvalue weighted by Gasteiger charge is 2.28. The van der Waals surface area contributed by atoms with E-state index in [2.05, 4.69) is 0 Å². The van der Waals surface area contributed by atoms with Crippen LogP contribution in [0.5, 0.6) is 11.8 Å². The first kappa shape index (κ1) is 19.1. The van der Waals surface area contributed by atoms with E-state index in [1.807, 2.05) is 34.6 Å². The monoisotopic (exact) mass is 330 g/mol. The maximum absolute atomic E-state index is 9.44. The second-order valence-corrected chi connectivity index (χ2v) is 6.89. The van der Waals surface area contributed by atoms with Crippen LogP contribution in [0.25, 0.3) is 0 Å². The Labute approximate surface area is 135 Å². The van der Waals surface area contributed by atoms with E-state index in [1.54, 1.807) is 6.92 Å². The van der Waals surface area contributed by atoms with Gasteiger partial charge in [-0.05, 0) is 41.5 Å². The fraction of sp³-hybridized carbons (Fsp3) is 0.667. The van der Waals surface area contributed by atoms with Gasteiger partial charge in [0.25, 0.3) is 0 Å². The molecule has 1 rings (SSSR count). The van der Waals surface area contributed by atoms with Crippen molar-refractivity contribution >= 4 is 6.08 Å². The van der Waals surface area contributed by atoms with Gasteiger partial charge >= 0.3 is 6.08 Å². The molecule has 0 fully saturated rings. The molecule has 1 unspecified atom stereocenters. The summed E-state index contributed by atoms with van der Waals surface area (Å²) in [5.74, 6) is -0.684. The van der Waals surface area contributed by atoms with Gasteiger partial charge in [-0.2, -0.15) is 0 Å². The minimum absolute atomic E-state index is 0.342. The van der Waals surface area contributed by atoms with Crippen LogP contribution in [0, 0.1) is 5.41 Å². The lowest BCUT2D eigenvalue weighted by Crippen LogP contribution is -2.35. The third-order valence-electron chi connectivity index (χ3n) is 2.58. The van der Waals surface area contributed by atoms with Crippen LogP contribution < -0.4 is 4.84 Å². The molecule has 1 aromatic rings. The van der Waals surface area contributed by atoms with Crippen LogP contribution in [-0.4, -0.2) is 38.3 Å². The highest BCUT2D eigenvalue weighted by Crippen LogP contribution is 2.23. The summed E-state index contributed by atoms with van der Waals surface area (Å²) in [6.07, 6.45) is -0.550. The summed E-state index contributed by atoms with van der Waals surface area (Å²) in [6.45, 7) is 11.1. The molecule has 1 heterocycles. The molecule has 132 valence electrons. The summed E-state index contributed by atoms with van der Waals surface area (Å²) in [4.78, 5) is 15.6. The van der Waals surface area contributed by atoms with Gasteiger partial charge in [0, 0.05) is 18.6 Å². The van der Waals surface area contributed by atoms with Gasteiger partial charge in [-0.25, -0.2) is 15.2 Å². The molecule has 0 saturated carbocycles. The Kier molecular flexibility index (Phi) is 5.90. The first-order valence-electron chi connectivity index (χ1n) is 7.30. The number of hydrogen-bond acceptors (Lipinski definition) is 7. The quantitative estimate of drug-likeness (QED) is 0.320. The highest BCUT2D eigenvalue weighted by atomic mass is 17.2. The Hall–Kier alpha value is -1.93. The minimum Gasteiger partial charge on any atom is -0.492 e. The molecular formula is C15H26N2O6. The molecule has 8 heteroatoms. The predicted molar refractivity (Wildman–Crippen MR) is 83.2 cm³/mol. The zero-order valence-electron chi connectivity index (χ0n) is 14.4. The van der Waals surface area contributed by atoms with E-state index in [0.29, 0.717) is 11.2 Å². The molecule has 23 heavy (non-hydrogen) atoms. The second kappa shape index (κ2) is 7.10. The van der Waals surface area contributed by atoms with Crippen molar-refractivity contribution in [1.29, 1.82) is 5.41 Å². The van der Waals surface area contributed by atoms with Gasteiger partial charge in [0.2, 0.25) is 11.8 Å². The van der Waals surface area contributed by atoms with Crippen LogP contribution >= 0.6 is 0 Å². The maximum atomic E-state index is 9.44. The molecule has 0 aliphatic rings. The smallest absolute Gasteiger partial charge is 0.406 e. The van der Waals surface area contributed by atoms with Crippen molar-refractivity contribution in [2.45, 2.75) is 65.3 Å². The average molecular weight is 330 g/mol. The van der Waals surface area contributed by atoms with Gasteiger partial charge in [-0.3, -0.25) is 0 Å². The van der Waals surface area contributed by atoms with Crippen molar-refractivity contribution in [1.82, 2.24) is 4.73 Å². The summed E-state index contributed by atoms with van der Waals surface area (Å²) in [7, 11) is 0. The number of hydrogen-bond donors (Lipinski definition) is 3. The van der Waals surface area contributed by atoms with E-state index in [1.165, 1.54) is 12.1 Å². The van der Waals surface area contributed by atoms with E-state index in [4.69, 9.17) is 24.8 Å². The second-order valence-electron chi connectivity index (χ2n) is 6.89. The van der Waals surface area contributed by atoms with Crippen molar-refractivity contribution in [3.63, 3.8) is 0 Å². The summed E-state index contributed by atoms with van der Waals surface area (Å²) in [6, 6.07) is 2.46. The topological polar surface area (TPSA) is 106 Å². The first-order valence-corrected chi connectivity index (χ1v) is 7.30. The Bertz CT molecular complexity index is 513. The number of nitrogens with one attached hydrogen (secondary N) is 1. The molecule has 3 N–H and O–H groups in total. The van der Waals surface area contributed by atoms with E-state index >= 15 is 0 Å². The van der Waals surface area contributed by atoms with Gasteiger partial charge < -0.3 is 19.8 Å². The zero-order chi connectivity index (χ0) is 17.8. The van der Waals surface area contributed by atoms with E-state index in [9.17, 15) is 10.2 Å². The SMILES string of the molecule is CC(CC(C)(C)OOC(C)(C)C)OC(=N)On1c(O)ccc1O. The highest BCUT2D eigenvalue weighted by molar-refractivity contribution is 5.63. The first-order chi connectivity index (χ1) is 10.4. The van der Waals surface area contributed by atoms with Crippen molar-refractivity contribution in [2.75, 3.05) is 0 Å². The molecular weight excluding hydrogens is 304 g/mol. The zero-order valence-corrected chi connectivity index (χ0v) is 14.4. The number of rotatable bonds is 6. The molecule has 0 aliphatic carbocycles. The van der Waals surface area contributed by atoms with Crippen LogP contribution in [0.3, 0.4) is 0 Å². The lowest BCUT2D eigenvalue weighted by molar-refractivity contribution is -0.399. The maximum Gasteiger partial charge on any atom is 0.406 e. The van der Waals surface area contributed by atoms with Crippen LogP contribution in [0.15, 0.2) is 12.1 Å². The molecule has 1 aromatic heterocycles. The van der Waals surface area contributed by atoms with E-state index in [0.717, 1.165) is 0 Å². The van der Waals surface area contributed by atoms with E-state index < -0.39 is 23.4 Å². The number of aromatic hydroxyl groups is 2. The van der Waals surface area contributed by atoms with E-state index in [-0.39, 0.29) is 11.8 Å². The molecule has 0 amide bonds. The van der Waals surface area contributed by atoms with Crippen molar-refractivity contribution in [2.24, 2.45) is 0 Å². The van der Waals surface area contributed by atoms with Gasteiger partial charge in [0.1, 0.15) is 11.7 Å². The summed E-state index contributed by atoms with van der Waals surface area (Å²) >= 11 is 0. The molecule has 0 aromatic carbocycles. The Morgan fingerprint density at radius 3 is 2.13 bits per heavy atom. The lowest BCUT2D eigenvalue weighted by Gasteiger charge is -2.30. The number of aromatic nitrogens is 1. The summed E-state index contributed by atoms with van der Waals surface area (Å²) in [5.41, 5.74) is -1.06. The molecule has 0 saturated heterocycles.